The molecule has 0 radical (unpaired) electrons. The number of rotatable bonds is 3. The first-order chi connectivity index (χ1) is 7.77. The lowest BCUT2D eigenvalue weighted by Crippen LogP contribution is -2.50. The van der Waals surface area contributed by atoms with Gasteiger partial charge < -0.3 is 15.5 Å². The fraction of sp³-hybridized carbons (Fsp3) is 0.818. The molecule has 1 aliphatic heterocycles. The first-order valence-electron chi connectivity index (χ1n) is 6.03. The van der Waals surface area contributed by atoms with Gasteiger partial charge in [0, 0.05) is 32.1 Å². The fourth-order valence-electron chi connectivity index (χ4n) is 2.00. The molecule has 0 spiro atoms. The highest BCUT2D eigenvalue weighted by Gasteiger charge is 2.25. The van der Waals surface area contributed by atoms with E-state index >= 15 is 0 Å². The zero-order chi connectivity index (χ0) is 11.4. The quantitative estimate of drug-likeness (QED) is 0.670. The van der Waals surface area contributed by atoms with Crippen molar-refractivity contribution in [1.82, 2.24) is 15.5 Å². The Morgan fingerprint density at radius 2 is 1.94 bits per heavy atom. The van der Waals surface area contributed by atoms with Crippen LogP contribution in [0.4, 0.5) is 0 Å². The van der Waals surface area contributed by atoms with E-state index in [1.807, 2.05) is 0 Å². The third-order valence-corrected chi connectivity index (χ3v) is 3.36. The van der Waals surface area contributed by atoms with Crippen LogP contribution >= 0.6 is 0 Å². The van der Waals surface area contributed by atoms with Gasteiger partial charge in [0.1, 0.15) is 0 Å². The second kappa shape index (κ2) is 5.30. The van der Waals surface area contributed by atoms with Crippen molar-refractivity contribution in [2.45, 2.75) is 19.3 Å². The van der Waals surface area contributed by atoms with Gasteiger partial charge in [0.15, 0.2) is 0 Å². The summed E-state index contributed by atoms with van der Waals surface area (Å²) in [6, 6.07) is 0. The molecule has 0 unspecified atom stereocenters. The summed E-state index contributed by atoms with van der Waals surface area (Å²) in [7, 11) is 0. The highest BCUT2D eigenvalue weighted by molar-refractivity contribution is 5.86. The Hall–Kier alpha value is -1.10. The summed E-state index contributed by atoms with van der Waals surface area (Å²) in [6.45, 7) is 3.36. The molecule has 0 atom stereocenters. The standard InChI is InChI=1S/C11H19N3O2/c15-10(14-6-4-12-5-7-14)8-13-11(16)9-2-1-3-9/h9,12H,1-8H2,(H,13,16). The van der Waals surface area contributed by atoms with Crippen LogP contribution in [0.25, 0.3) is 0 Å². The van der Waals surface area contributed by atoms with Gasteiger partial charge in [0.05, 0.1) is 6.54 Å². The van der Waals surface area contributed by atoms with E-state index in [0.717, 1.165) is 45.4 Å². The van der Waals surface area contributed by atoms with Crippen molar-refractivity contribution in [2.75, 3.05) is 32.7 Å². The van der Waals surface area contributed by atoms with Gasteiger partial charge in [-0.05, 0) is 12.8 Å². The summed E-state index contributed by atoms with van der Waals surface area (Å²) >= 11 is 0. The molecule has 90 valence electrons. The zero-order valence-corrected chi connectivity index (χ0v) is 9.50. The van der Waals surface area contributed by atoms with Crippen LogP contribution in [-0.4, -0.2) is 49.4 Å². The zero-order valence-electron chi connectivity index (χ0n) is 9.50. The Bertz CT molecular complexity index is 270. The lowest BCUT2D eigenvalue weighted by atomic mass is 9.85. The second-order valence-electron chi connectivity index (χ2n) is 4.48. The summed E-state index contributed by atoms with van der Waals surface area (Å²) in [5.74, 6) is 0.250. The van der Waals surface area contributed by atoms with E-state index in [1.54, 1.807) is 4.90 Å². The molecule has 0 aromatic carbocycles. The molecule has 2 aliphatic rings. The highest BCUT2D eigenvalue weighted by atomic mass is 16.2. The van der Waals surface area contributed by atoms with E-state index in [1.165, 1.54) is 0 Å². The van der Waals surface area contributed by atoms with Crippen LogP contribution in [-0.2, 0) is 9.59 Å². The lowest BCUT2D eigenvalue weighted by molar-refractivity contribution is -0.135. The summed E-state index contributed by atoms with van der Waals surface area (Å²) in [6.07, 6.45) is 3.10. The fourth-order valence-corrected chi connectivity index (χ4v) is 2.00. The van der Waals surface area contributed by atoms with Gasteiger partial charge in [-0.1, -0.05) is 6.42 Å². The molecule has 2 rings (SSSR count). The number of hydrogen-bond acceptors (Lipinski definition) is 3. The minimum absolute atomic E-state index is 0.0363. The minimum atomic E-state index is 0.0363. The summed E-state index contributed by atoms with van der Waals surface area (Å²) in [5, 5.41) is 5.92. The van der Waals surface area contributed by atoms with Crippen molar-refractivity contribution in [2.24, 2.45) is 5.92 Å². The number of carbonyl (C=O) groups is 2. The molecule has 1 saturated heterocycles. The summed E-state index contributed by atoms with van der Waals surface area (Å²) < 4.78 is 0. The largest absolute Gasteiger partial charge is 0.347 e. The van der Waals surface area contributed by atoms with Gasteiger partial charge in [0.25, 0.3) is 0 Å². The molecule has 2 fully saturated rings. The summed E-state index contributed by atoms with van der Waals surface area (Å²) in [5.41, 5.74) is 0. The first kappa shape index (κ1) is 11.4. The van der Waals surface area contributed by atoms with Crippen molar-refractivity contribution in [1.29, 1.82) is 0 Å². The third kappa shape index (κ3) is 2.72. The van der Waals surface area contributed by atoms with Gasteiger partial charge in [-0.25, -0.2) is 0 Å². The molecule has 16 heavy (non-hydrogen) atoms. The third-order valence-electron chi connectivity index (χ3n) is 3.36. The van der Waals surface area contributed by atoms with E-state index in [9.17, 15) is 9.59 Å². The predicted octanol–water partition coefficient (Wildman–Crippen LogP) is -0.665. The number of piperazine rings is 1. The van der Waals surface area contributed by atoms with Crippen LogP contribution < -0.4 is 10.6 Å². The van der Waals surface area contributed by atoms with Crippen LogP contribution in [0.5, 0.6) is 0 Å². The number of carbonyl (C=O) groups excluding carboxylic acids is 2. The Morgan fingerprint density at radius 3 is 2.50 bits per heavy atom. The Labute approximate surface area is 95.6 Å². The van der Waals surface area contributed by atoms with Gasteiger partial charge in [0.2, 0.25) is 11.8 Å². The smallest absolute Gasteiger partial charge is 0.242 e. The molecular weight excluding hydrogens is 206 g/mol. The van der Waals surface area contributed by atoms with Crippen molar-refractivity contribution in [3.05, 3.63) is 0 Å². The Kier molecular flexibility index (Phi) is 3.77. The SMILES string of the molecule is O=C(NCC(=O)N1CCNCC1)C1CCC1. The summed E-state index contributed by atoms with van der Waals surface area (Å²) in [4.78, 5) is 25.0. The molecule has 2 amide bonds. The van der Waals surface area contributed by atoms with E-state index in [4.69, 9.17) is 0 Å². The molecule has 1 saturated carbocycles. The average molecular weight is 225 g/mol. The monoisotopic (exact) mass is 225 g/mol. The lowest BCUT2D eigenvalue weighted by Gasteiger charge is -2.28. The van der Waals surface area contributed by atoms with Crippen LogP contribution in [0.15, 0.2) is 0 Å². The van der Waals surface area contributed by atoms with Crippen molar-refractivity contribution < 1.29 is 9.59 Å². The molecule has 0 aromatic heterocycles. The number of hydrogen-bond donors (Lipinski definition) is 2. The van der Waals surface area contributed by atoms with E-state index in [-0.39, 0.29) is 24.3 Å². The van der Waals surface area contributed by atoms with Gasteiger partial charge in [-0.15, -0.1) is 0 Å². The van der Waals surface area contributed by atoms with Gasteiger partial charge in [-0.2, -0.15) is 0 Å². The van der Waals surface area contributed by atoms with E-state index in [0.29, 0.717) is 0 Å². The van der Waals surface area contributed by atoms with Crippen LogP contribution in [0.2, 0.25) is 0 Å². The van der Waals surface area contributed by atoms with Crippen LogP contribution in [0.3, 0.4) is 0 Å². The maximum absolute atomic E-state index is 11.7. The average Bonchev–Trinajstić information content (AvgIpc) is 2.25. The van der Waals surface area contributed by atoms with Crippen molar-refractivity contribution in [3.8, 4) is 0 Å². The maximum atomic E-state index is 11.7. The molecule has 0 aromatic rings. The van der Waals surface area contributed by atoms with E-state index < -0.39 is 0 Å². The van der Waals surface area contributed by atoms with Crippen molar-refractivity contribution >= 4 is 11.8 Å². The number of nitrogens with zero attached hydrogens (tertiary/aromatic N) is 1. The Morgan fingerprint density at radius 1 is 1.25 bits per heavy atom. The van der Waals surface area contributed by atoms with Gasteiger partial charge >= 0.3 is 0 Å². The molecule has 2 N–H and O–H groups in total. The normalized spacial score (nSPS) is 21.4. The number of nitrogens with one attached hydrogen (secondary N) is 2. The van der Waals surface area contributed by atoms with Crippen LogP contribution in [0, 0.1) is 5.92 Å². The topological polar surface area (TPSA) is 61.4 Å². The minimum Gasteiger partial charge on any atom is -0.347 e. The second-order valence-corrected chi connectivity index (χ2v) is 4.48. The first-order valence-corrected chi connectivity index (χ1v) is 6.03. The molecule has 1 heterocycles. The van der Waals surface area contributed by atoms with E-state index in [2.05, 4.69) is 10.6 Å². The van der Waals surface area contributed by atoms with Gasteiger partial charge in [-0.3, -0.25) is 9.59 Å². The Balaban J connectivity index is 1.67. The van der Waals surface area contributed by atoms with Crippen molar-refractivity contribution in [3.63, 3.8) is 0 Å². The molecule has 1 aliphatic carbocycles. The predicted molar refractivity (Wildman–Crippen MR) is 59.8 cm³/mol. The molecule has 5 nitrogen and oxygen atoms in total. The molecular formula is C11H19N3O2. The maximum Gasteiger partial charge on any atom is 0.242 e. The highest BCUT2D eigenvalue weighted by Crippen LogP contribution is 2.25. The molecule has 0 bridgehead atoms. The van der Waals surface area contributed by atoms with Crippen LogP contribution in [0.1, 0.15) is 19.3 Å². The number of amides is 2. The molecule has 5 heteroatoms.